The number of hydrogen-bond donors (Lipinski definition) is 0. The minimum absolute atomic E-state index is 0.0844. The first-order valence-electron chi connectivity index (χ1n) is 7.79. The lowest BCUT2D eigenvalue weighted by atomic mass is 10.1. The molecule has 0 amide bonds. The van der Waals surface area contributed by atoms with Crippen molar-refractivity contribution < 1.29 is 14.3 Å². The molecule has 0 spiro atoms. The molecule has 26 heavy (non-hydrogen) atoms. The molecule has 0 fully saturated rings. The molecule has 3 aromatic rings. The quantitative estimate of drug-likeness (QED) is 0.451. The Hall–Kier alpha value is -2.57. The van der Waals surface area contributed by atoms with E-state index in [0.29, 0.717) is 27.9 Å². The van der Waals surface area contributed by atoms with E-state index in [1.54, 1.807) is 41.3 Å². The molecule has 0 N–H and O–H groups in total. The van der Waals surface area contributed by atoms with Gasteiger partial charge in [-0.15, -0.1) is 0 Å². The summed E-state index contributed by atoms with van der Waals surface area (Å²) >= 11 is 12.0. The highest BCUT2D eigenvalue weighted by Crippen LogP contribution is 2.32. The molecule has 0 radical (unpaired) electrons. The van der Waals surface area contributed by atoms with Gasteiger partial charge in [0.05, 0.1) is 22.2 Å². The van der Waals surface area contributed by atoms with Gasteiger partial charge < -0.3 is 9.47 Å². The van der Waals surface area contributed by atoms with Crippen LogP contribution in [0.3, 0.4) is 0 Å². The van der Waals surface area contributed by atoms with Crippen LogP contribution < -0.4 is 4.74 Å². The molecule has 0 unspecified atom stereocenters. The van der Waals surface area contributed by atoms with Crippen molar-refractivity contribution in [3.8, 4) is 5.75 Å². The standard InChI is InChI=1S/C18H15Cl2N3O3/c19-15-2-1-3-16(20)17(15)25-8-9-26-18(24)14-6-4-13(5-7-14)10-23-12-21-11-22-23/h1-7,11-12H,8-10H2. The first-order valence-corrected chi connectivity index (χ1v) is 8.54. The van der Waals surface area contributed by atoms with Crippen molar-refractivity contribution in [3.05, 3.63) is 76.3 Å². The van der Waals surface area contributed by atoms with Gasteiger partial charge in [-0.2, -0.15) is 5.10 Å². The van der Waals surface area contributed by atoms with Crippen LogP contribution in [0.4, 0.5) is 0 Å². The fourth-order valence-corrected chi connectivity index (χ4v) is 2.74. The lowest BCUT2D eigenvalue weighted by molar-refractivity contribution is 0.0450. The van der Waals surface area contributed by atoms with E-state index in [2.05, 4.69) is 10.1 Å². The molecule has 0 saturated heterocycles. The first kappa shape index (κ1) is 18.2. The number of aromatic nitrogens is 3. The largest absolute Gasteiger partial charge is 0.487 e. The third-order valence-corrected chi connectivity index (χ3v) is 4.08. The van der Waals surface area contributed by atoms with Gasteiger partial charge in [0.2, 0.25) is 0 Å². The Labute approximate surface area is 160 Å². The highest BCUT2D eigenvalue weighted by atomic mass is 35.5. The molecule has 3 rings (SSSR count). The SMILES string of the molecule is O=C(OCCOc1c(Cl)cccc1Cl)c1ccc(Cn2cncn2)cc1. The molecule has 0 aliphatic heterocycles. The Balaban J connectivity index is 1.47. The van der Waals surface area contributed by atoms with Gasteiger partial charge in [-0.3, -0.25) is 0 Å². The number of ether oxygens (including phenoxy) is 2. The average molecular weight is 392 g/mol. The Morgan fingerprint density at radius 3 is 2.42 bits per heavy atom. The van der Waals surface area contributed by atoms with Gasteiger partial charge in [-0.25, -0.2) is 14.5 Å². The number of nitrogens with zero attached hydrogens (tertiary/aromatic N) is 3. The van der Waals surface area contributed by atoms with E-state index in [1.807, 2.05) is 12.1 Å². The minimum atomic E-state index is -0.425. The smallest absolute Gasteiger partial charge is 0.338 e. The van der Waals surface area contributed by atoms with Crippen molar-refractivity contribution in [2.45, 2.75) is 6.54 Å². The maximum atomic E-state index is 12.1. The Bertz CT molecular complexity index is 848. The Morgan fingerprint density at radius 2 is 1.77 bits per heavy atom. The van der Waals surface area contributed by atoms with Gasteiger partial charge in [0.15, 0.2) is 5.75 Å². The summed E-state index contributed by atoms with van der Waals surface area (Å²) in [6.07, 6.45) is 3.11. The van der Waals surface area contributed by atoms with Gasteiger partial charge in [-0.05, 0) is 29.8 Å². The van der Waals surface area contributed by atoms with Crippen molar-refractivity contribution in [1.82, 2.24) is 14.8 Å². The van der Waals surface area contributed by atoms with Gasteiger partial charge >= 0.3 is 5.97 Å². The van der Waals surface area contributed by atoms with Gasteiger partial charge in [-0.1, -0.05) is 41.4 Å². The number of carbonyl (C=O) groups excluding carboxylic acids is 1. The lowest BCUT2D eigenvalue weighted by Crippen LogP contribution is -2.12. The molecule has 1 heterocycles. The van der Waals surface area contributed by atoms with E-state index >= 15 is 0 Å². The van der Waals surface area contributed by atoms with E-state index < -0.39 is 5.97 Å². The van der Waals surface area contributed by atoms with Crippen molar-refractivity contribution in [2.24, 2.45) is 0 Å². The number of para-hydroxylation sites is 1. The Morgan fingerprint density at radius 1 is 1.04 bits per heavy atom. The zero-order valence-corrected chi connectivity index (χ0v) is 15.2. The van der Waals surface area contributed by atoms with Crippen LogP contribution in [0.5, 0.6) is 5.75 Å². The zero-order chi connectivity index (χ0) is 18.4. The van der Waals surface area contributed by atoms with Crippen LogP contribution in [-0.4, -0.2) is 33.9 Å². The zero-order valence-electron chi connectivity index (χ0n) is 13.6. The molecule has 0 atom stereocenters. The predicted molar refractivity (Wildman–Crippen MR) is 97.8 cm³/mol. The number of carbonyl (C=O) groups is 1. The molecule has 0 saturated carbocycles. The molecule has 0 bridgehead atoms. The summed E-state index contributed by atoms with van der Waals surface area (Å²) in [5, 5.41) is 4.86. The maximum absolute atomic E-state index is 12.1. The fourth-order valence-electron chi connectivity index (χ4n) is 2.23. The van der Waals surface area contributed by atoms with Gasteiger partial charge in [0.1, 0.15) is 25.9 Å². The van der Waals surface area contributed by atoms with Gasteiger partial charge in [0.25, 0.3) is 0 Å². The molecular formula is C18H15Cl2N3O3. The van der Waals surface area contributed by atoms with Crippen molar-refractivity contribution in [1.29, 1.82) is 0 Å². The van der Waals surface area contributed by atoms with E-state index in [-0.39, 0.29) is 13.2 Å². The van der Waals surface area contributed by atoms with Gasteiger partial charge in [0, 0.05) is 0 Å². The predicted octanol–water partition coefficient (Wildman–Crippen LogP) is 3.87. The van der Waals surface area contributed by atoms with Crippen LogP contribution in [0.15, 0.2) is 55.1 Å². The molecular weight excluding hydrogens is 377 g/mol. The van der Waals surface area contributed by atoms with Crippen LogP contribution in [0.2, 0.25) is 10.0 Å². The highest BCUT2D eigenvalue weighted by Gasteiger charge is 2.09. The summed E-state index contributed by atoms with van der Waals surface area (Å²) in [7, 11) is 0. The summed E-state index contributed by atoms with van der Waals surface area (Å²) < 4.78 is 12.4. The first-order chi connectivity index (χ1) is 12.6. The highest BCUT2D eigenvalue weighted by molar-refractivity contribution is 6.37. The normalized spacial score (nSPS) is 10.5. The summed E-state index contributed by atoms with van der Waals surface area (Å²) in [4.78, 5) is 15.9. The van der Waals surface area contributed by atoms with Crippen LogP contribution in [0, 0.1) is 0 Å². The summed E-state index contributed by atoms with van der Waals surface area (Å²) in [6, 6.07) is 12.2. The van der Waals surface area contributed by atoms with E-state index in [4.69, 9.17) is 32.7 Å². The van der Waals surface area contributed by atoms with Crippen molar-refractivity contribution in [3.63, 3.8) is 0 Å². The second-order valence-corrected chi connectivity index (χ2v) is 6.14. The summed E-state index contributed by atoms with van der Waals surface area (Å²) in [6.45, 7) is 0.822. The van der Waals surface area contributed by atoms with Crippen LogP contribution in [0.1, 0.15) is 15.9 Å². The maximum Gasteiger partial charge on any atom is 0.338 e. The second-order valence-electron chi connectivity index (χ2n) is 5.33. The van der Waals surface area contributed by atoms with E-state index in [1.165, 1.54) is 6.33 Å². The number of esters is 1. The number of halogens is 2. The fraction of sp³-hybridized carbons (Fsp3) is 0.167. The molecule has 8 heteroatoms. The molecule has 2 aromatic carbocycles. The van der Waals surface area contributed by atoms with Crippen LogP contribution >= 0.6 is 23.2 Å². The minimum Gasteiger partial charge on any atom is -0.487 e. The third kappa shape index (κ3) is 4.74. The molecule has 0 aliphatic rings. The topological polar surface area (TPSA) is 66.2 Å². The summed E-state index contributed by atoms with van der Waals surface area (Å²) in [5.41, 5.74) is 1.46. The molecule has 0 aliphatic carbocycles. The monoisotopic (exact) mass is 391 g/mol. The van der Waals surface area contributed by atoms with Crippen LogP contribution in [-0.2, 0) is 11.3 Å². The number of hydrogen-bond acceptors (Lipinski definition) is 5. The lowest BCUT2D eigenvalue weighted by Gasteiger charge is -2.10. The Kier molecular flexibility index (Phi) is 6.09. The third-order valence-electron chi connectivity index (χ3n) is 3.48. The van der Waals surface area contributed by atoms with Crippen LogP contribution in [0.25, 0.3) is 0 Å². The molecule has 134 valence electrons. The van der Waals surface area contributed by atoms with E-state index in [9.17, 15) is 4.79 Å². The average Bonchev–Trinajstić information content (AvgIpc) is 3.14. The second kappa shape index (κ2) is 8.69. The number of rotatable bonds is 7. The summed E-state index contributed by atoms with van der Waals surface area (Å²) in [5.74, 6) is -0.0458. The van der Waals surface area contributed by atoms with Crippen molar-refractivity contribution >= 4 is 29.2 Å². The van der Waals surface area contributed by atoms with E-state index in [0.717, 1.165) is 5.56 Å². The number of benzene rings is 2. The molecule has 6 nitrogen and oxygen atoms in total. The molecule has 1 aromatic heterocycles. The van der Waals surface area contributed by atoms with Crippen molar-refractivity contribution in [2.75, 3.05) is 13.2 Å².